The molecule has 1 amide bonds. The Bertz CT molecular complexity index is 265. The van der Waals surface area contributed by atoms with Gasteiger partial charge >= 0.3 is 5.97 Å². The van der Waals surface area contributed by atoms with Crippen LogP contribution in [-0.4, -0.2) is 38.0 Å². The SMILES string of the molecule is COC(=O)C1(C(=O)N(C)C)C(C)C1C. The van der Waals surface area contributed by atoms with Gasteiger partial charge in [0.25, 0.3) is 0 Å². The van der Waals surface area contributed by atoms with Crippen molar-refractivity contribution >= 4 is 11.9 Å². The number of rotatable bonds is 2. The lowest BCUT2D eigenvalue weighted by atomic mass is 10.0. The number of nitrogens with zero attached hydrogens (tertiary/aromatic N) is 1. The number of carbonyl (C=O) groups is 2. The van der Waals surface area contributed by atoms with Crippen LogP contribution >= 0.6 is 0 Å². The van der Waals surface area contributed by atoms with Gasteiger partial charge in [-0.1, -0.05) is 13.8 Å². The van der Waals surface area contributed by atoms with Gasteiger partial charge in [-0.3, -0.25) is 9.59 Å². The van der Waals surface area contributed by atoms with Crippen LogP contribution in [-0.2, 0) is 14.3 Å². The molecule has 0 bridgehead atoms. The van der Waals surface area contributed by atoms with E-state index >= 15 is 0 Å². The lowest BCUT2D eigenvalue weighted by Gasteiger charge is -2.19. The second-order valence-electron chi connectivity index (χ2n) is 4.14. The van der Waals surface area contributed by atoms with Gasteiger partial charge in [0.2, 0.25) is 5.91 Å². The average Bonchev–Trinajstić information content (AvgIpc) is 2.68. The minimum Gasteiger partial charge on any atom is -0.468 e. The van der Waals surface area contributed by atoms with Crippen molar-refractivity contribution in [3.8, 4) is 0 Å². The number of ether oxygens (including phenoxy) is 1. The maximum Gasteiger partial charge on any atom is 0.321 e. The molecule has 0 radical (unpaired) electrons. The first-order valence-electron chi connectivity index (χ1n) is 4.70. The third-order valence-electron chi connectivity index (χ3n) is 3.36. The van der Waals surface area contributed by atoms with E-state index < -0.39 is 11.4 Å². The highest BCUT2D eigenvalue weighted by Crippen LogP contribution is 2.59. The molecular formula is C10H17NO3. The van der Waals surface area contributed by atoms with Gasteiger partial charge in [0.1, 0.15) is 0 Å². The maximum atomic E-state index is 11.9. The molecule has 0 heterocycles. The number of carbonyl (C=O) groups excluding carboxylic acids is 2. The van der Waals surface area contributed by atoms with Gasteiger partial charge in [-0.25, -0.2) is 0 Å². The Morgan fingerprint density at radius 2 is 1.64 bits per heavy atom. The number of hydrogen-bond donors (Lipinski definition) is 0. The minimum atomic E-state index is -0.918. The monoisotopic (exact) mass is 199 g/mol. The van der Waals surface area contributed by atoms with E-state index in [1.54, 1.807) is 14.1 Å². The third kappa shape index (κ3) is 1.13. The zero-order valence-corrected chi connectivity index (χ0v) is 9.33. The topological polar surface area (TPSA) is 46.6 Å². The first kappa shape index (κ1) is 11.0. The normalized spacial score (nSPS) is 34.9. The van der Waals surface area contributed by atoms with Gasteiger partial charge in [0.15, 0.2) is 5.41 Å². The summed E-state index contributed by atoms with van der Waals surface area (Å²) < 4.78 is 4.70. The van der Waals surface area contributed by atoms with E-state index in [-0.39, 0.29) is 17.7 Å². The van der Waals surface area contributed by atoms with Gasteiger partial charge in [-0.15, -0.1) is 0 Å². The number of methoxy groups -OCH3 is 1. The molecule has 1 rings (SSSR count). The molecule has 1 fully saturated rings. The van der Waals surface area contributed by atoms with Gasteiger partial charge in [-0.2, -0.15) is 0 Å². The molecule has 1 saturated carbocycles. The Labute approximate surface area is 84.2 Å². The van der Waals surface area contributed by atoms with Crippen molar-refractivity contribution in [2.45, 2.75) is 13.8 Å². The summed E-state index contributed by atoms with van der Waals surface area (Å²) in [6, 6.07) is 0. The van der Waals surface area contributed by atoms with E-state index in [0.717, 1.165) is 0 Å². The van der Waals surface area contributed by atoms with Gasteiger partial charge < -0.3 is 9.64 Å². The highest BCUT2D eigenvalue weighted by Gasteiger charge is 2.71. The lowest BCUT2D eigenvalue weighted by Crippen LogP contribution is -2.39. The predicted molar refractivity (Wildman–Crippen MR) is 51.5 cm³/mol. The maximum absolute atomic E-state index is 11.9. The summed E-state index contributed by atoms with van der Waals surface area (Å²) in [5.41, 5.74) is -0.918. The van der Waals surface area contributed by atoms with Crippen LogP contribution in [0.4, 0.5) is 0 Å². The Morgan fingerprint density at radius 1 is 1.21 bits per heavy atom. The molecule has 1 aliphatic rings. The zero-order chi connectivity index (χ0) is 11.1. The summed E-state index contributed by atoms with van der Waals surface area (Å²) >= 11 is 0. The molecule has 4 nitrogen and oxygen atoms in total. The van der Waals surface area contributed by atoms with E-state index in [4.69, 9.17) is 4.74 Å². The molecule has 0 aliphatic heterocycles. The van der Waals surface area contributed by atoms with Crippen molar-refractivity contribution in [2.24, 2.45) is 17.3 Å². The van der Waals surface area contributed by atoms with E-state index in [1.165, 1.54) is 12.0 Å². The third-order valence-corrected chi connectivity index (χ3v) is 3.36. The highest BCUT2D eigenvalue weighted by atomic mass is 16.5. The largest absolute Gasteiger partial charge is 0.468 e. The molecule has 4 heteroatoms. The molecule has 0 saturated heterocycles. The van der Waals surface area contributed by atoms with E-state index in [9.17, 15) is 9.59 Å². The van der Waals surface area contributed by atoms with Crippen molar-refractivity contribution < 1.29 is 14.3 Å². The van der Waals surface area contributed by atoms with Crippen LogP contribution in [0.3, 0.4) is 0 Å². The van der Waals surface area contributed by atoms with Crippen LogP contribution in [0.15, 0.2) is 0 Å². The van der Waals surface area contributed by atoms with E-state index in [2.05, 4.69) is 0 Å². The Balaban J connectivity index is 2.98. The van der Waals surface area contributed by atoms with Crippen molar-refractivity contribution in [3.63, 3.8) is 0 Å². The molecule has 0 N–H and O–H groups in total. The summed E-state index contributed by atoms with van der Waals surface area (Å²) in [4.78, 5) is 24.9. The second-order valence-corrected chi connectivity index (χ2v) is 4.14. The average molecular weight is 199 g/mol. The second kappa shape index (κ2) is 3.26. The minimum absolute atomic E-state index is 0.0739. The molecule has 1 aliphatic carbocycles. The Morgan fingerprint density at radius 3 is 1.86 bits per heavy atom. The molecular weight excluding hydrogens is 182 g/mol. The van der Waals surface area contributed by atoms with E-state index in [0.29, 0.717) is 0 Å². The van der Waals surface area contributed by atoms with Gasteiger partial charge in [0.05, 0.1) is 7.11 Å². The summed E-state index contributed by atoms with van der Waals surface area (Å²) in [5, 5.41) is 0. The molecule has 80 valence electrons. The molecule has 0 aromatic rings. The standard InChI is InChI=1S/C10H17NO3/c1-6-7(2)10(6,9(13)14-5)8(12)11(3)4/h6-7H,1-5H3. The molecule has 0 aromatic carbocycles. The summed E-state index contributed by atoms with van der Waals surface area (Å²) in [5.74, 6) is -0.407. The fraction of sp³-hybridized carbons (Fsp3) is 0.800. The van der Waals surface area contributed by atoms with Crippen LogP contribution in [0.2, 0.25) is 0 Å². The van der Waals surface area contributed by atoms with Crippen molar-refractivity contribution in [1.29, 1.82) is 0 Å². The summed E-state index contributed by atoms with van der Waals surface area (Å²) in [6.07, 6.45) is 0. The Kier molecular flexibility index (Phi) is 2.56. The Hall–Kier alpha value is -1.06. The smallest absolute Gasteiger partial charge is 0.321 e. The quantitative estimate of drug-likeness (QED) is 0.481. The first-order valence-corrected chi connectivity index (χ1v) is 4.70. The molecule has 14 heavy (non-hydrogen) atoms. The van der Waals surface area contributed by atoms with Crippen LogP contribution in [0.25, 0.3) is 0 Å². The van der Waals surface area contributed by atoms with E-state index in [1.807, 2.05) is 13.8 Å². The van der Waals surface area contributed by atoms with Crippen LogP contribution < -0.4 is 0 Å². The van der Waals surface area contributed by atoms with Gasteiger partial charge in [0, 0.05) is 14.1 Å². The van der Waals surface area contributed by atoms with Gasteiger partial charge in [-0.05, 0) is 11.8 Å². The number of hydrogen-bond acceptors (Lipinski definition) is 3. The van der Waals surface area contributed by atoms with Crippen LogP contribution in [0, 0.1) is 17.3 Å². The van der Waals surface area contributed by atoms with Crippen molar-refractivity contribution in [2.75, 3.05) is 21.2 Å². The highest BCUT2D eigenvalue weighted by molar-refractivity contribution is 6.06. The number of esters is 1. The molecule has 0 spiro atoms. The summed E-state index contributed by atoms with van der Waals surface area (Å²) in [6.45, 7) is 3.81. The first-order chi connectivity index (χ1) is 6.40. The number of amides is 1. The fourth-order valence-electron chi connectivity index (χ4n) is 2.16. The molecule has 2 unspecified atom stereocenters. The summed E-state index contributed by atoms with van der Waals surface area (Å²) in [7, 11) is 4.64. The van der Waals surface area contributed by atoms with Crippen molar-refractivity contribution in [3.05, 3.63) is 0 Å². The van der Waals surface area contributed by atoms with Crippen LogP contribution in [0.1, 0.15) is 13.8 Å². The molecule has 2 atom stereocenters. The molecule has 0 aromatic heterocycles. The van der Waals surface area contributed by atoms with Crippen molar-refractivity contribution in [1.82, 2.24) is 4.90 Å². The lowest BCUT2D eigenvalue weighted by molar-refractivity contribution is -0.156. The predicted octanol–water partition coefficient (Wildman–Crippen LogP) is 0.520. The van der Waals surface area contributed by atoms with Crippen LogP contribution in [0.5, 0.6) is 0 Å². The fourth-order valence-corrected chi connectivity index (χ4v) is 2.16. The zero-order valence-electron chi connectivity index (χ0n) is 9.33.